The maximum absolute atomic E-state index is 13.0. The fourth-order valence-electron chi connectivity index (χ4n) is 3.13. The molecule has 168 valence electrons. The van der Waals surface area contributed by atoms with Gasteiger partial charge in [-0.2, -0.15) is 5.10 Å². The first-order valence-corrected chi connectivity index (χ1v) is 11.6. The van der Waals surface area contributed by atoms with Crippen LogP contribution in [0.2, 0.25) is 5.02 Å². The molecule has 0 bridgehead atoms. The molecule has 10 heteroatoms. The minimum Gasteiger partial charge on any atom is -0.488 e. The van der Waals surface area contributed by atoms with Gasteiger partial charge in [0.05, 0.1) is 16.1 Å². The number of hydrogen-bond acceptors (Lipinski definition) is 6. The summed E-state index contributed by atoms with van der Waals surface area (Å²) in [7, 11) is 0. The Kier molecular flexibility index (Phi) is 7.02. The summed E-state index contributed by atoms with van der Waals surface area (Å²) >= 11 is 12.6. The minimum absolute atomic E-state index is 0.313. The molecule has 1 amide bonds. The van der Waals surface area contributed by atoms with E-state index in [1.54, 1.807) is 36.4 Å². The predicted octanol–water partition coefficient (Wildman–Crippen LogP) is 6.04. The number of aromatic amines is 1. The van der Waals surface area contributed by atoms with Gasteiger partial charge in [-0.25, -0.2) is 4.98 Å². The summed E-state index contributed by atoms with van der Waals surface area (Å²) in [5.41, 5.74) is 2.10. The summed E-state index contributed by atoms with van der Waals surface area (Å²) < 4.78 is 8.23. The first kappa shape index (κ1) is 22.9. The number of aryl methyl sites for hydroxylation is 1. The number of amides is 1. The highest BCUT2D eigenvalue weighted by Crippen LogP contribution is 2.32. The van der Waals surface area contributed by atoms with E-state index in [9.17, 15) is 4.79 Å². The molecule has 0 aliphatic heterocycles. The number of thiazole rings is 1. The van der Waals surface area contributed by atoms with Crippen molar-refractivity contribution < 1.29 is 9.53 Å². The van der Waals surface area contributed by atoms with Gasteiger partial charge in [0.2, 0.25) is 0 Å². The Morgan fingerprint density at radius 2 is 2.06 bits per heavy atom. The Morgan fingerprint density at radius 1 is 1.30 bits per heavy atom. The van der Waals surface area contributed by atoms with Gasteiger partial charge in [-0.05, 0) is 49.0 Å². The fourth-order valence-corrected chi connectivity index (χ4v) is 4.43. The molecule has 0 aliphatic carbocycles. The second kappa shape index (κ2) is 10.1. The lowest BCUT2D eigenvalue weighted by Gasteiger charge is -2.11. The zero-order chi connectivity index (χ0) is 23.4. The molecule has 0 saturated heterocycles. The molecule has 0 atom stereocenters. The third-order valence-electron chi connectivity index (χ3n) is 4.73. The molecule has 0 saturated carbocycles. The monoisotopic (exact) mass is 497 g/mol. The van der Waals surface area contributed by atoms with Crippen molar-refractivity contribution in [2.75, 3.05) is 5.32 Å². The normalized spacial score (nSPS) is 10.7. The van der Waals surface area contributed by atoms with Gasteiger partial charge in [0, 0.05) is 11.6 Å². The Morgan fingerprint density at radius 3 is 2.82 bits per heavy atom. The third-order valence-corrected chi connectivity index (χ3v) is 6.36. The quantitative estimate of drug-likeness (QED) is 0.229. The van der Waals surface area contributed by atoms with Crippen LogP contribution in [0.5, 0.6) is 5.75 Å². The molecule has 0 radical (unpaired) electrons. The van der Waals surface area contributed by atoms with Crippen molar-refractivity contribution in [1.82, 2.24) is 19.7 Å². The number of halogens is 1. The van der Waals surface area contributed by atoms with Crippen LogP contribution < -0.4 is 10.1 Å². The van der Waals surface area contributed by atoms with Crippen molar-refractivity contribution in [1.29, 1.82) is 0 Å². The standard InChI is InChI=1S/C23H20ClN5O2S2/c1-3-12-29-20(27-28-23(29)32)19-14(2)25-22(33-19)26-21(30)17-6-4-5-7-18(17)31-13-15-8-10-16(24)11-9-15/h3-11H,1,12-13H2,2H3,(H,28,32)(H,25,26,30). The Balaban J connectivity index is 1.53. The molecular weight excluding hydrogens is 478 g/mol. The zero-order valence-corrected chi connectivity index (χ0v) is 20.1. The molecule has 2 N–H and O–H groups in total. The molecule has 0 unspecified atom stereocenters. The van der Waals surface area contributed by atoms with E-state index < -0.39 is 0 Å². The molecule has 2 aromatic carbocycles. The number of para-hydroxylation sites is 1. The molecule has 0 aliphatic rings. The molecule has 2 aromatic heterocycles. The first-order chi connectivity index (χ1) is 16.0. The summed E-state index contributed by atoms with van der Waals surface area (Å²) in [5, 5.41) is 11.1. The van der Waals surface area contributed by atoms with Crippen LogP contribution in [-0.2, 0) is 13.2 Å². The van der Waals surface area contributed by atoms with Crippen LogP contribution in [-0.4, -0.2) is 25.7 Å². The average Bonchev–Trinajstić information content (AvgIpc) is 3.35. The lowest BCUT2D eigenvalue weighted by atomic mass is 10.2. The highest BCUT2D eigenvalue weighted by atomic mass is 35.5. The fraction of sp³-hybridized carbons (Fsp3) is 0.130. The van der Waals surface area contributed by atoms with E-state index in [4.69, 9.17) is 28.6 Å². The Bertz CT molecular complexity index is 1360. The zero-order valence-electron chi connectivity index (χ0n) is 17.7. The van der Waals surface area contributed by atoms with Crippen LogP contribution in [0.3, 0.4) is 0 Å². The maximum atomic E-state index is 13.0. The van der Waals surface area contributed by atoms with E-state index in [0.29, 0.717) is 45.2 Å². The van der Waals surface area contributed by atoms with Crippen molar-refractivity contribution in [3.8, 4) is 16.5 Å². The lowest BCUT2D eigenvalue weighted by molar-refractivity contribution is 0.102. The molecule has 7 nitrogen and oxygen atoms in total. The van der Waals surface area contributed by atoms with E-state index in [0.717, 1.165) is 16.1 Å². The summed E-state index contributed by atoms with van der Waals surface area (Å²) in [4.78, 5) is 18.3. The van der Waals surface area contributed by atoms with Crippen molar-refractivity contribution >= 4 is 46.2 Å². The van der Waals surface area contributed by atoms with Gasteiger partial charge in [0.15, 0.2) is 15.7 Å². The van der Waals surface area contributed by atoms with Gasteiger partial charge in [-0.1, -0.05) is 53.3 Å². The van der Waals surface area contributed by atoms with Gasteiger partial charge in [0.25, 0.3) is 5.91 Å². The highest BCUT2D eigenvalue weighted by Gasteiger charge is 2.19. The van der Waals surface area contributed by atoms with Gasteiger partial charge < -0.3 is 4.74 Å². The van der Waals surface area contributed by atoms with Crippen LogP contribution in [0.1, 0.15) is 21.6 Å². The number of carbonyl (C=O) groups is 1. The third kappa shape index (κ3) is 5.22. The number of nitrogens with zero attached hydrogens (tertiary/aromatic N) is 3. The number of benzene rings is 2. The second-order valence-corrected chi connectivity index (χ2v) is 8.87. The van der Waals surface area contributed by atoms with Crippen molar-refractivity contribution in [2.45, 2.75) is 20.1 Å². The lowest BCUT2D eigenvalue weighted by Crippen LogP contribution is -2.13. The SMILES string of the molecule is C=CCn1c(-c2sc(NC(=O)c3ccccc3OCc3ccc(Cl)cc3)nc2C)n[nH]c1=S. The van der Waals surface area contributed by atoms with Gasteiger partial charge in [0.1, 0.15) is 12.4 Å². The van der Waals surface area contributed by atoms with Crippen molar-refractivity contribution in [3.05, 3.63) is 87.8 Å². The van der Waals surface area contributed by atoms with Crippen molar-refractivity contribution in [2.24, 2.45) is 0 Å². The van der Waals surface area contributed by atoms with Crippen LogP contribution in [0.4, 0.5) is 5.13 Å². The Labute approximate surface area is 204 Å². The molecule has 4 aromatic rings. The summed E-state index contributed by atoms with van der Waals surface area (Å²) in [5.74, 6) is 0.819. The van der Waals surface area contributed by atoms with Crippen LogP contribution in [0.25, 0.3) is 10.7 Å². The number of allylic oxidation sites excluding steroid dienone is 1. The average molecular weight is 498 g/mol. The van der Waals surface area contributed by atoms with Gasteiger partial charge >= 0.3 is 0 Å². The smallest absolute Gasteiger partial charge is 0.261 e. The second-order valence-electron chi connectivity index (χ2n) is 7.05. The van der Waals surface area contributed by atoms with Crippen molar-refractivity contribution in [3.63, 3.8) is 0 Å². The van der Waals surface area contributed by atoms with E-state index in [1.165, 1.54) is 11.3 Å². The van der Waals surface area contributed by atoms with Crippen LogP contribution >= 0.6 is 35.2 Å². The molecule has 4 rings (SSSR count). The molecule has 0 spiro atoms. The molecule has 2 heterocycles. The molecule has 0 fully saturated rings. The topological polar surface area (TPSA) is 84.8 Å². The Hall–Kier alpha value is -3.27. The number of ether oxygens (including phenoxy) is 1. The number of nitrogens with one attached hydrogen (secondary N) is 2. The first-order valence-electron chi connectivity index (χ1n) is 9.97. The van der Waals surface area contributed by atoms with Gasteiger partial charge in [-0.15, -0.1) is 6.58 Å². The van der Waals surface area contributed by atoms with E-state index in [2.05, 4.69) is 27.1 Å². The van der Waals surface area contributed by atoms with E-state index >= 15 is 0 Å². The number of rotatable bonds is 8. The molecular formula is C23H20ClN5O2S2. The minimum atomic E-state index is -0.313. The molecule has 33 heavy (non-hydrogen) atoms. The van der Waals surface area contributed by atoms with Crippen LogP contribution in [0, 0.1) is 11.7 Å². The highest BCUT2D eigenvalue weighted by molar-refractivity contribution is 7.71. The number of anilines is 1. The van der Waals surface area contributed by atoms with E-state index in [1.807, 2.05) is 29.7 Å². The van der Waals surface area contributed by atoms with Gasteiger partial charge in [-0.3, -0.25) is 19.8 Å². The largest absolute Gasteiger partial charge is 0.488 e. The summed E-state index contributed by atoms with van der Waals surface area (Å²) in [6.45, 7) is 6.45. The number of hydrogen-bond donors (Lipinski definition) is 2. The number of aromatic nitrogens is 4. The van der Waals surface area contributed by atoms with E-state index in [-0.39, 0.29) is 5.91 Å². The summed E-state index contributed by atoms with van der Waals surface area (Å²) in [6, 6.07) is 14.4. The summed E-state index contributed by atoms with van der Waals surface area (Å²) in [6.07, 6.45) is 1.74. The maximum Gasteiger partial charge on any atom is 0.261 e. The predicted molar refractivity (Wildman–Crippen MR) is 134 cm³/mol. The van der Waals surface area contributed by atoms with Crippen LogP contribution in [0.15, 0.2) is 61.2 Å². The number of H-pyrrole nitrogens is 1. The number of carbonyl (C=O) groups excluding carboxylic acids is 1.